The zero-order chi connectivity index (χ0) is 18.6. The minimum atomic E-state index is -0.539. The Balaban J connectivity index is 1.82. The van der Waals surface area contributed by atoms with Crippen molar-refractivity contribution in [3.05, 3.63) is 47.3 Å². The molecule has 2 amide bonds. The molecule has 2 aromatic rings. The van der Waals surface area contributed by atoms with Crippen molar-refractivity contribution in [3.63, 3.8) is 0 Å². The zero-order valence-electron chi connectivity index (χ0n) is 15.5. The molecule has 3 rings (SSSR count). The normalized spacial score (nSPS) is 20.0. The van der Waals surface area contributed by atoms with Gasteiger partial charge in [-0.05, 0) is 41.8 Å². The molecule has 1 saturated heterocycles. The van der Waals surface area contributed by atoms with E-state index in [0.29, 0.717) is 19.4 Å². The van der Waals surface area contributed by atoms with Crippen LogP contribution in [0.4, 0.5) is 0 Å². The fourth-order valence-electron chi connectivity index (χ4n) is 3.86. The van der Waals surface area contributed by atoms with E-state index in [2.05, 4.69) is 47.1 Å². The molecule has 0 aliphatic carbocycles. The second kappa shape index (κ2) is 8.04. The molecule has 0 spiro atoms. The lowest BCUT2D eigenvalue weighted by Gasteiger charge is -2.41. The molecule has 1 aliphatic rings. The number of rotatable bonds is 5. The van der Waals surface area contributed by atoms with Gasteiger partial charge in [-0.3, -0.25) is 9.59 Å². The maximum absolute atomic E-state index is 12.8. The highest BCUT2D eigenvalue weighted by Crippen LogP contribution is 2.35. The van der Waals surface area contributed by atoms with Gasteiger partial charge in [0.25, 0.3) is 0 Å². The van der Waals surface area contributed by atoms with Crippen LogP contribution in [-0.4, -0.2) is 36.9 Å². The van der Waals surface area contributed by atoms with Crippen molar-refractivity contribution in [3.8, 4) is 10.4 Å². The lowest BCUT2D eigenvalue weighted by atomic mass is 9.74. The van der Waals surface area contributed by atoms with Crippen molar-refractivity contribution in [2.75, 3.05) is 20.1 Å². The first kappa shape index (κ1) is 18.6. The molecule has 1 aromatic heterocycles. The quantitative estimate of drug-likeness (QED) is 0.872. The van der Waals surface area contributed by atoms with Gasteiger partial charge in [0.1, 0.15) is 0 Å². The van der Waals surface area contributed by atoms with E-state index in [1.54, 1.807) is 18.4 Å². The molecule has 4 nitrogen and oxygen atoms in total. The predicted octanol–water partition coefficient (Wildman–Crippen LogP) is 3.72. The summed E-state index contributed by atoms with van der Waals surface area (Å²) in [5.41, 5.74) is 1.80. The lowest BCUT2D eigenvalue weighted by molar-refractivity contribution is -0.141. The number of benzene rings is 1. The summed E-state index contributed by atoms with van der Waals surface area (Å²) in [5.74, 6) is 0.166. The molecule has 138 valence electrons. The molecule has 26 heavy (non-hydrogen) atoms. The van der Waals surface area contributed by atoms with Crippen molar-refractivity contribution < 1.29 is 9.59 Å². The number of piperidine rings is 1. The van der Waals surface area contributed by atoms with Gasteiger partial charge in [0, 0.05) is 31.4 Å². The molecule has 1 N–H and O–H groups in total. The predicted molar refractivity (Wildman–Crippen MR) is 106 cm³/mol. The summed E-state index contributed by atoms with van der Waals surface area (Å²) < 4.78 is 0. The van der Waals surface area contributed by atoms with Crippen LogP contribution >= 0.6 is 11.3 Å². The first-order chi connectivity index (χ1) is 12.6. The first-order valence-electron chi connectivity index (χ1n) is 9.21. The van der Waals surface area contributed by atoms with E-state index in [1.165, 1.54) is 10.4 Å². The summed E-state index contributed by atoms with van der Waals surface area (Å²) in [6.45, 7) is 3.14. The monoisotopic (exact) mass is 370 g/mol. The molecule has 0 unspecified atom stereocenters. The minimum Gasteiger partial charge on any atom is -0.359 e. The maximum Gasteiger partial charge on any atom is 0.228 e. The summed E-state index contributed by atoms with van der Waals surface area (Å²) >= 11 is 1.72. The van der Waals surface area contributed by atoms with Crippen molar-refractivity contribution >= 4 is 23.2 Å². The third-order valence-electron chi connectivity index (χ3n) is 5.24. The van der Waals surface area contributed by atoms with Gasteiger partial charge in [-0.2, -0.15) is 0 Å². The van der Waals surface area contributed by atoms with Crippen LogP contribution < -0.4 is 5.32 Å². The van der Waals surface area contributed by atoms with Crippen LogP contribution in [0.3, 0.4) is 0 Å². The van der Waals surface area contributed by atoms with Gasteiger partial charge >= 0.3 is 0 Å². The number of nitrogens with one attached hydrogen (secondary N) is 1. The Morgan fingerprint density at radius 3 is 2.62 bits per heavy atom. The van der Waals surface area contributed by atoms with E-state index in [1.807, 2.05) is 11.8 Å². The van der Waals surface area contributed by atoms with Gasteiger partial charge < -0.3 is 10.2 Å². The van der Waals surface area contributed by atoms with Crippen LogP contribution in [0.5, 0.6) is 0 Å². The van der Waals surface area contributed by atoms with Crippen LogP contribution in [-0.2, 0) is 16.0 Å². The highest BCUT2D eigenvalue weighted by molar-refractivity contribution is 7.13. The van der Waals surface area contributed by atoms with Gasteiger partial charge in [0.15, 0.2) is 0 Å². The van der Waals surface area contributed by atoms with Crippen LogP contribution in [0.1, 0.15) is 31.7 Å². The minimum absolute atomic E-state index is 0.0356. The molecule has 1 aromatic carbocycles. The molecule has 0 radical (unpaired) electrons. The Kier molecular flexibility index (Phi) is 5.77. The number of thiophene rings is 1. The third-order valence-corrected chi connectivity index (χ3v) is 6.16. The second-order valence-electron chi connectivity index (χ2n) is 6.98. The average molecular weight is 371 g/mol. The van der Waals surface area contributed by atoms with Crippen LogP contribution in [0.25, 0.3) is 10.4 Å². The summed E-state index contributed by atoms with van der Waals surface area (Å²) in [6.07, 6.45) is 2.82. The number of carbonyl (C=O) groups is 2. The molecular formula is C21H26N2O2S. The molecular weight excluding hydrogens is 344 g/mol. The molecule has 1 fully saturated rings. The summed E-state index contributed by atoms with van der Waals surface area (Å²) in [6, 6.07) is 12.6. The van der Waals surface area contributed by atoms with Crippen LogP contribution in [0, 0.1) is 5.41 Å². The molecule has 5 heteroatoms. The average Bonchev–Trinajstić information content (AvgIpc) is 3.22. The number of nitrogens with zero attached hydrogens (tertiary/aromatic N) is 1. The Morgan fingerprint density at radius 2 is 2.00 bits per heavy atom. The Morgan fingerprint density at radius 1 is 1.23 bits per heavy atom. The number of hydrogen-bond acceptors (Lipinski definition) is 3. The fraction of sp³-hybridized carbons (Fsp3) is 0.429. The standard InChI is InChI=1S/C21H26N2O2S/c1-3-19(24)23-12-5-11-21(15-23,20(25)22-2)14-16-7-9-17(10-8-16)18-6-4-13-26-18/h4,6-10,13H,3,5,11-12,14-15H2,1-2H3,(H,22,25)/t21-/m1/s1. The molecule has 1 aliphatic heterocycles. The Labute approximate surface area is 159 Å². The van der Waals surface area contributed by atoms with Crippen molar-refractivity contribution in [1.29, 1.82) is 0 Å². The van der Waals surface area contributed by atoms with E-state index in [-0.39, 0.29) is 11.8 Å². The van der Waals surface area contributed by atoms with Crippen LogP contribution in [0.2, 0.25) is 0 Å². The largest absolute Gasteiger partial charge is 0.359 e. The fourth-order valence-corrected chi connectivity index (χ4v) is 4.60. The Bertz CT molecular complexity index is 755. The van der Waals surface area contributed by atoms with Gasteiger partial charge in [-0.1, -0.05) is 37.3 Å². The van der Waals surface area contributed by atoms with E-state index >= 15 is 0 Å². The van der Waals surface area contributed by atoms with Gasteiger partial charge in [0.05, 0.1) is 5.41 Å². The Hall–Kier alpha value is -2.14. The van der Waals surface area contributed by atoms with E-state index in [0.717, 1.165) is 24.9 Å². The van der Waals surface area contributed by atoms with E-state index in [4.69, 9.17) is 0 Å². The van der Waals surface area contributed by atoms with Gasteiger partial charge in [-0.15, -0.1) is 11.3 Å². The summed E-state index contributed by atoms with van der Waals surface area (Å²) in [4.78, 5) is 28.1. The number of likely N-dealkylation sites (tertiary alicyclic amines) is 1. The zero-order valence-corrected chi connectivity index (χ0v) is 16.3. The molecule has 0 bridgehead atoms. The van der Waals surface area contributed by atoms with Crippen molar-refractivity contribution in [2.45, 2.75) is 32.6 Å². The first-order valence-corrected chi connectivity index (χ1v) is 10.1. The maximum atomic E-state index is 12.8. The second-order valence-corrected chi connectivity index (χ2v) is 7.93. The van der Waals surface area contributed by atoms with Crippen molar-refractivity contribution in [2.24, 2.45) is 5.41 Å². The SMILES string of the molecule is CCC(=O)N1CCC[C@](Cc2ccc(-c3cccs3)cc2)(C(=O)NC)C1. The van der Waals surface area contributed by atoms with Crippen molar-refractivity contribution in [1.82, 2.24) is 10.2 Å². The highest BCUT2D eigenvalue weighted by Gasteiger charge is 2.42. The van der Waals surface area contributed by atoms with E-state index in [9.17, 15) is 9.59 Å². The van der Waals surface area contributed by atoms with Gasteiger partial charge in [0.2, 0.25) is 11.8 Å². The molecule has 2 heterocycles. The lowest BCUT2D eigenvalue weighted by Crippen LogP contribution is -2.53. The third kappa shape index (κ3) is 3.83. The summed E-state index contributed by atoms with van der Waals surface area (Å²) in [5, 5.41) is 4.91. The van der Waals surface area contributed by atoms with E-state index < -0.39 is 5.41 Å². The number of amides is 2. The topological polar surface area (TPSA) is 49.4 Å². The smallest absolute Gasteiger partial charge is 0.228 e. The highest BCUT2D eigenvalue weighted by atomic mass is 32.1. The summed E-state index contributed by atoms with van der Waals surface area (Å²) in [7, 11) is 1.69. The molecule has 0 saturated carbocycles. The van der Waals surface area contributed by atoms with Gasteiger partial charge in [-0.25, -0.2) is 0 Å². The number of carbonyl (C=O) groups excluding carboxylic acids is 2. The molecule has 1 atom stereocenters. The van der Waals surface area contributed by atoms with Crippen LogP contribution in [0.15, 0.2) is 41.8 Å². The number of hydrogen-bond donors (Lipinski definition) is 1.